The molecule has 208 valence electrons. The van der Waals surface area contributed by atoms with Gasteiger partial charge in [-0.15, -0.1) is 10.2 Å². The van der Waals surface area contributed by atoms with E-state index in [1.807, 2.05) is 12.3 Å². The molecule has 0 saturated heterocycles. The van der Waals surface area contributed by atoms with Gasteiger partial charge >= 0.3 is 0 Å². The monoisotopic (exact) mass is 545 g/mol. The molecule has 1 N–H and O–H groups in total. The average Bonchev–Trinajstić information content (AvgIpc) is 3.52. The van der Waals surface area contributed by atoms with Gasteiger partial charge in [-0.1, -0.05) is 67.1 Å². The fourth-order valence-corrected chi connectivity index (χ4v) is 4.24. The number of hydrogen-bond donors (Lipinski definition) is 1. The van der Waals surface area contributed by atoms with E-state index in [9.17, 15) is 4.79 Å². The first kappa shape index (κ1) is 30.5. The van der Waals surface area contributed by atoms with Crippen LogP contribution in [0.1, 0.15) is 51.2 Å². The first-order chi connectivity index (χ1) is 19.5. The fourth-order valence-electron chi connectivity index (χ4n) is 4.24. The Morgan fingerprint density at radius 1 is 0.780 bits per heavy atom. The highest BCUT2D eigenvalue weighted by atomic mass is 16.1. The Balaban J connectivity index is 0.000000220. The van der Waals surface area contributed by atoms with Crippen molar-refractivity contribution in [1.82, 2.24) is 30.6 Å². The van der Waals surface area contributed by atoms with E-state index in [1.165, 1.54) is 22.3 Å². The summed E-state index contributed by atoms with van der Waals surface area (Å²) in [7, 11) is 0. The van der Waals surface area contributed by atoms with Crippen LogP contribution in [0.3, 0.4) is 0 Å². The van der Waals surface area contributed by atoms with E-state index >= 15 is 0 Å². The molecule has 8 heteroatoms. The van der Waals surface area contributed by atoms with Gasteiger partial charge in [-0.2, -0.15) is 5.21 Å². The zero-order valence-electron chi connectivity index (χ0n) is 22.7. The van der Waals surface area contributed by atoms with Crippen molar-refractivity contribution >= 4 is 5.78 Å². The second-order valence-electron chi connectivity index (χ2n) is 9.51. The quantitative estimate of drug-likeness (QED) is 0.173. The van der Waals surface area contributed by atoms with Crippen molar-refractivity contribution in [3.63, 3.8) is 0 Å². The number of aromatic nitrogens is 6. The topological polar surface area (TPSA) is 102 Å². The number of hydrogen-bond acceptors (Lipinski definition) is 6. The molecule has 0 aliphatic rings. The molecule has 2 aromatic carbocycles. The molecule has 5 aromatic rings. The molecule has 3 heterocycles. The third-order valence-corrected chi connectivity index (χ3v) is 6.52. The number of tetrazole rings is 1. The zero-order valence-corrected chi connectivity index (χ0v) is 22.7. The molecule has 0 aliphatic heterocycles. The number of benzene rings is 2. The number of pyridine rings is 2. The van der Waals surface area contributed by atoms with Crippen LogP contribution in [0.2, 0.25) is 0 Å². The van der Waals surface area contributed by atoms with E-state index in [0.717, 1.165) is 42.4 Å². The van der Waals surface area contributed by atoms with E-state index in [4.69, 9.17) is 6.57 Å². The summed E-state index contributed by atoms with van der Waals surface area (Å²) in [5.74, 6) is 0.493. The Hall–Kier alpha value is -5.03. The maximum absolute atomic E-state index is 11.9. The molecule has 0 spiro atoms. The lowest BCUT2D eigenvalue weighted by molar-refractivity contribution is 0.101. The van der Waals surface area contributed by atoms with E-state index in [2.05, 4.69) is 97.8 Å². The summed E-state index contributed by atoms with van der Waals surface area (Å²) in [5.41, 5.74) is 8.74. The normalized spacial score (nSPS) is 10.1. The van der Waals surface area contributed by atoms with Crippen molar-refractivity contribution in [3.05, 3.63) is 136 Å². The highest BCUT2D eigenvalue weighted by Gasteiger charge is 2.13. The average molecular weight is 546 g/mol. The van der Waals surface area contributed by atoms with Crippen molar-refractivity contribution in [2.75, 3.05) is 6.54 Å². The van der Waals surface area contributed by atoms with Gasteiger partial charge in [0.2, 0.25) is 11.6 Å². The number of ketones is 1. The lowest BCUT2D eigenvalue weighted by Gasteiger charge is -2.06. The largest absolute Gasteiger partial charge is 0.308 e. The molecular formula is C33H35N7O. The van der Waals surface area contributed by atoms with Gasteiger partial charge < -0.3 is 4.85 Å². The molecule has 41 heavy (non-hydrogen) atoms. The first-order valence-corrected chi connectivity index (χ1v) is 13.1. The van der Waals surface area contributed by atoms with Gasteiger partial charge in [0.1, 0.15) is 0 Å². The zero-order chi connectivity index (χ0) is 28.2. The van der Waals surface area contributed by atoms with Crippen LogP contribution in [0.5, 0.6) is 0 Å². The predicted molar refractivity (Wildman–Crippen MR) is 161 cm³/mol. The third-order valence-electron chi connectivity index (χ3n) is 6.52. The molecule has 0 amide bonds. The summed E-state index contributed by atoms with van der Waals surface area (Å²) in [4.78, 5) is 23.3. The van der Waals surface area contributed by atoms with Crippen molar-refractivity contribution in [1.29, 1.82) is 0 Å². The van der Waals surface area contributed by atoms with Crippen LogP contribution in [0.4, 0.5) is 0 Å². The Morgan fingerprint density at radius 3 is 1.90 bits per heavy atom. The molecule has 0 unspecified atom stereocenters. The summed E-state index contributed by atoms with van der Waals surface area (Å²) in [6.07, 6.45) is 10.5. The Bertz CT molecular complexity index is 1560. The minimum Gasteiger partial charge on any atom is -0.308 e. The minimum absolute atomic E-state index is 0. The van der Waals surface area contributed by atoms with E-state index < -0.39 is 0 Å². The molecule has 3 aromatic heterocycles. The van der Waals surface area contributed by atoms with Gasteiger partial charge in [-0.3, -0.25) is 14.8 Å². The van der Waals surface area contributed by atoms with Crippen molar-refractivity contribution in [2.45, 2.75) is 47.0 Å². The second-order valence-corrected chi connectivity index (χ2v) is 9.51. The molecule has 0 fully saturated rings. The summed E-state index contributed by atoms with van der Waals surface area (Å²) >= 11 is 0. The fraction of sp³-hybridized carbons (Fsp3) is 0.242. The number of H-pyrrole nitrogens is 1. The van der Waals surface area contributed by atoms with Crippen molar-refractivity contribution in [2.24, 2.45) is 0 Å². The van der Waals surface area contributed by atoms with Gasteiger partial charge in [0.25, 0.3) is 6.54 Å². The standard InChI is InChI=1S/C17H16N2O.C15H15N5.CH4/c1-13-3-5-14(6-4-13)7-8-15-11-19-10-9-16(15)17(20)12-18-2;1-11-2-4-12(5-3-11)6-7-13-10-16-9-8-14(13)15-17-19-20-18-15;/h3-6,9-11H,7-8,12H2,1H3;2-5,8-10H,6-7H2,1H3,(H,17,18,19,20);1H4. The highest BCUT2D eigenvalue weighted by Crippen LogP contribution is 2.20. The van der Waals surface area contributed by atoms with Crippen LogP contribution in [0.15, 0.2) is 85.5 Å². The van der Waals surface area contributed by atoms with E-state index in [-0.39, 0.29) is 19.8 Å². The molecule has 8 nitrogen and oxygen atoms in total. The van der Waals surface area contributed by atoms with Crippen LogP contribution >= 0.6 is 0 Å². The van der Waals surface area contributed by atoms with Gasteiger partial charge in [-0.05, 0) is 79.1 Å². The van der Waals surface area contributed by atoms with Crippen LogP contribution in [0, 0.1) is 20.4 Å². The number of Topliss-reactive ketones (excluding diaryl/α,β-unsaturated/α-hetero) is 1. The molecule has 5 rings (SSSR count). The lowest BCUT2D eigenvalue weighted by atomic mass is 9.99. The number of carbonyl (C=O) groups is 1. The third kappa shape index (κ3) is 9.01. The second kappa shape index (κ2) is 15.5. The Labute approximate surface area is 241 Å². The van der Waals surface area contributed by atoms with Crippen LogP contribution < -0.4 is 0 Å². The van der Waals surface area contributed by atoms with Gasteiger partial charge in [0, 0.05) is 35.9 Å². The predicted octanol–water partition coefficient (Wildman–Crippen LogP) is 6.27. The smallest absolute Gasteiger partial charge is 0.276 e. The summed E-state index contributed by atoms with van der Waals surface area (Å²) in [6.45, 7) is 10.9. The number of aromatic amines is 1. The SMILES string of the molecule is C.Cc1ccc(CCc2cnccc2-c2nn[nH]n2)cc1.[C-]#[N+]CC(=O)c1ccncc1CCc1ccc(C)cc1. The maximum atomic E-state index is 11.9. The molecule has 0 bridgehead atoms. The minimum atomic E-state index is -0.124. The maximum Gasteiger partial charge on any atom is 0.276 e. The van der Waals surface area contributed by atoms with Gasteiger partial charge in [0.15, 0.2) is 0 Å². The van der Waals surface area contributed by atoms with Crippen LogP contribution in [-0.2, 0) is 25.7 Å². The summed E-state index contributed by atoms with van der Waals surface area (Å²) in [6, 6.07) is 20.6. The van der Waals surface area contributed by atoms with Crippen LogP contribution in [-0.4, -0.2) is 42.9 Å². The van der Waals surface area contributed by atoms with Gasteiger partial charge in [0.05, 0.1) is 0 Å². The van der Waals surface area contributed by atoms with Crippen molar-refractivity contribution < 1.29 is 4.79 Å². The Morgan fingerprint density at radius 2 is 1.34 bits per heavy atom. The molecular weight excluding hydrogens is 510 g/mol. The van der Waals surface area contributed by atoms with Gasteiger partial charge in [-0.25, -0.2) is 6.57 Å². The molecule has 0 atom stereocenters. The molecule has 0 saturated carbocycles. The lowest BCUT2D eigenvalue weighted by Crippen LogP contribution is -2.07. The number of nitrogens with zero attached hydrogens (tertiary/aromatic N) is 6. The highest BCUT2D eigenvalue weighted by molar-refractivity contribution is 5.99. The van der Waals surface area contributed by atoms with E-state index in [0.29, 0.717) is 11.4 Å². The molecule has 0 radical (unpaired) electrons. The molecule has 0 aliphatic carbocycles. The summed E-state index contributed by atoms with van der Waals surface area (Å²) in [5, 5.41) is 14.2. The number of nitrogens with one attached hydrogen (secondary N) is 1. The Kier molecular flexibility index (Phi) is 11.6. The summed E-state index contributed by atoms with van der Waals surface area (Å²) < 4.78 is 0. The number of carbonyl (C=O) groups excluding carboxylic acids is 1. The number of aryl methyl sites for hydroxylation is 6. The number of rotatable bonds is 9. The van der Waals surface area contributed by atoms with Crippen molar-refractivity contribution in [3.8, 4) is 11.4 Å². The van der Waals surface area contributed by atoms with E-state index in [1.54, 1.807) is 24.7 Å². The van der Waals surface area contributed by atoms with Crippen LogP contribution in [0.25, 0.3) is 16.2 Å². The first-order valence-electron chi connectivity index (χ1n) is 13.1.